The Hall–Kier alpha value is -0.190. The average molecular weight is 210 g/mol. The Bertz CT molecular complexity index is 189. The van der Waals surface area contributed by atoms with Gasteiger partial charge in [-0.25, -0.2) is 4.57 Å². The lowest BCUT2D eigenvalue weighted by Crippen LogP contribution is -2.06. The molecule has 5 nitrogen and oxygen atoms in total. The molecule has 1 aliphatic rings. The molecule has 0 radical (unpaired) electrons. The molecule has 1 rings (SSSR count). The van der Waals surface area contributed by atoms with Gasteiger partial charge in [0, 0.05) is 6.61 Å². The fourth-order valence-electron chi connectivity index (χ4n) is 1.02. The lowest BCUT2D eigenvalue weighted by molar-refractivity contribution is 0.217. The van der Waals surface area contributed by atoms with Gasteiger partial charge >= 0.3 is 7.82 Å². The van der Waals surface area contributed by atoms with Crippen molar-refractivity contribution < 1.29 is 24.4 Å². The van der Waals surface area contributed by atoms with E-state index in [-0.39, 0.29) is 0 Å². The largest absolute Gasteiger partial charge is 0.466 e. The van der Waals surface area contributed by atoms with Crippen LogP contribution in [-0.2, 0) is 4.57 Å². The van der Waals surface area contributed by atoms with E-state index in [2.05, 4.69) is 12.2 Å². The van der Waals surface area contributed by atoms with Crippen LogP contribution in [0.25, 0.3) is 0 Å². The van der Waals surface area contributed by atoms with Gasteiger partial charge in [-0.15, -0.1) is 0 Å². The van der Waals surface area contributed by atoms with Gasteiger partial charge in [-0.05, 0) is 25.2 Å². The van der Waals surface area contributed by atoms with Gasteiger partial charge in [0.2, 0.25) is 0 Å². The number of allylic oxidation sites excluding steroid dienone is 2. The van der Waals surface area contributed by atoms with Crippen molar-refractivity contribution in [3.63, 3.8) is 0 Å². The maximum Gasteiger partial charge on any atom is 0.466 e. The molecule has 0 aromatic rings. The zero-order valence-electron chi connectivity index (χ0n) is 7.20. The number of rotatable bonds is 1. The van der Waals surface area contributed by atoms with E-state index in [0.717, 1.165) is 12.8 Å². The SMILES string of the molecule is O=P(O)(O)O.OCC1CC=CCC1. The molecule has 0 heterocycles. The molecule has 0 aliphatic heterocycles. The Balaban J connectivity index is 0.000000252. The molecule has 0 spiro atoms. The third kappa shape index (κ3) is 11.8. The van der Waals surface area contributed by atoms with Crippen LogP contribution in [0, 0.1) is 5.92 Å². The molecule has 1 atom stereocenters. The van der Waals surface area contributed by atoms with Crippen molar-refractivity contribution in [3.05, 3.63) is 12.2 Å². The van der Waals surface area contributed by atoms with Crippen molar-refractivity contribution in [2.24, 2.45) is 5.92 Å². The number of hydrogen-bond acceptors (Lipinski definition) is 2. The summed E-state index contributed by atoms with van der Waals surface area (Å²) in [5, 5.41) is 8.66. The van der Waals surface area contributed by atoms with Gasteiger partial charge in [-0.2, -0.15) is 0 Å². The molecule has 0 aromatic carbocycles. The topological polar surface area (TPSA) is 98.0 Å². The van der Waals surface area contributed by atoms with Crippen LogP contribution in [-0.4, -0.2) is 26.4 Å². The summed E-state index contributed by atoms with van der Waals surface area (Å²) < 4.78 is 8.88. The highest BCUT2D eigenvalue weighted by atomic mass is 31.2. The molecule has 0 saturated carbocycles. The van der Waals surface area contributed by atoms with E-state index in [1.54, 1.807) is 0 Å². The first-order valence-corrected chi connectivity index (χ1v) is 5.54. The molecule has 1 unspecified atom stereocenters. The highest BCUT2D eigenvalue weighted by Gasteiger charge is 2.06. The molecule has 0 aromatic heterocycles. The summed E-state index contributed by atoms with van der Waals surface area (Å²) >= 11 is 0. The average Bonchev–Trinajstić information content (AvgIpc) is 2.03. The van der Waals surface area contributed by atoms with Crippen molar-refractivity contribution in [2.75, 3.05) is 6.61 Å². The summed E-state index contributed by atoms with van der Waals surface area (Å²) in [4.78, 5) is 21.6. The van der Waals surface area contributed by atoms with Gasteiger partial charge < -0.3 is 19.8 Å². The predicted octanol–water partition coefficient (Wildman–Crippen LogP) is 0.406. The highest BCUT2D eigenvalue weighted by molar-refractivity contribution is 7.45. The monoisotopic (exact) mass is 210 g/mol. The van der Waals surface area contributed by atoms with Gasteiger partial charge in [-0.3, -0.25) is 0 Å². The Morgan fingerprint density at radius 3 is 2.08 bits per heavy atom. The van der Waals surface area contributed by atoms with Crippen LogP contribution in [0.3, 0.4) is 0 Å². The van der Waals surface area contributed by atoms with Gasteiger partial charge in [-0.1, -0.05) is 12.2 Å². The predicted molar refractivity (Wildman–Crippen MR) is 47.8 cm³/mol. The van der Waals surface area contributed by atoms with E-state index < -0.39 is 7.82 Å². The molecule has 0 bridgehead atoms. The van der Waals surface area contributed by atoms with Crippen LogP contribution in [0.1, 0.15) is 19.3 Å². The molecule has 0 saturated heterocycles. The summed E-state index contributed by atoms with van der Waals surface area (Å²) in [5.41, 5.74) is 0. The van der Waals surface area contributed by atoms with E-state index in [1.807, 2.05) is 0 Å². The van der Waals surface area contributed by atoms with Crippen molar-refractivity contribution in [2.45, 2.75) is 19.3 Å². The first-order valence-electron chi connectivity index (χ1n) is 3.97. The van der Waals surface area contributed by atoms with Gasteiger partial charge in [0.15, 0.2) is 0 Å². The maximum absolute atomic E-state index is 8.88. The first-order chi connectivity index (χ1) is 5.93. The summed E-state index contributed by atoms with van der Waals surface area (Å²) in [7, 11) is -4.64. The van der Waals surface area contributed by atoms with E-state index in [1.165, 1.54) is 6.42 Å². The number of aliphatic hydroxyl groups excluding tert-OH is 1. The zero-order chi connectivity index (χ0) is 10.3. The number of aliphatic hydroxyl groups is 1. The summed E-state index contributed by atoms with van der Waals surface area (Å²) in [6.07, 6.45) is 7.76. The Morgan fingerprint density at radius 2 is 1.85 bits per heavy atom. The molecule has 13 heavy (non-hydrogen) atoms. The Labute approximate surface area is 77.0 Å². The minimum absolute atomic E-state index is 0.365. The maximum atomic E-state index is 8.88. The fourth-order valence-corrected chi connectivity index (χ4v) is 1.02. The quantitative estimate of drug-likeness (QED) is 0.371. The number of phosphoric acid groups is 1. The normalized spacial score (nSPS) is 22.0. The van der Waals surface area contributed by atoms with Crippen molar-refractivity contribution in [1.29, 1.82) is 0 Å². The molecule has 6 heteroatoms. The summed E-state index contributed by atoms with van der Waals surface area (Å²) in [6, 6.07) is 0. The summed E-state index contributed by atoms with van der Waals surface area (Å²) in [6.45, 7) is 0.365. The third-order valence-electron chi connectivity index (χ3n) is 1.64. The smallest absolute Gasteiger partial charge is 0.396 e. The van der Waals surface area contributed by atoms with Gasteiger partial charge in [0.25, 0.3) is 0 Å². The molecular formula is C7H15O5P. The molecule has 0 amide bonds. The summed E-state index contributed by atoms with van der Waals surface area (Å²) in [5.74, 6) is 0.556. The molecule has 78 valence electrons. The fraction of sp³-hybridized carbons (Fsp3) is 0.714. The Kier molecular flexibility index (Phi) is 6.20. The minimum Gasteiger partial charge on any atom is -0.396 e. The number of hydrogen-bond donors (Lipinski definition) is 4. The van der Waals surface area contributed by atoms with Gasteiger partial charge in [0.05, 0.1) is 0 Å². The second-order valence-electron chi connectivity index (χ2n) is 2.85. The van der Waals surface area contributed by atoms with Gasteiger partial charge in [0.1, 0.15) is 0 Å². The van der Waals surface area contributed by atoms with Crippen LogP contribution in [0.4, 0.5) is 0 Å². The van der Waals surface area contributed by atoms with E-state index in [9.17, 15) is 0 Å². The van der Waals surface area contributed by atoms with Crippen molar-refractivity contribution in [3.8, 4) is 0 Å². The highest BCUT2D eigenvalue weighted by Crippen LogP contribution is 2.25. The molecule has 4 N–H and O–H groups in total. The van der Waals surface area contributed by atoms with E-state index in [4.69, 9.17) is 24.4 Å². The second kappa shape index (κ2) is 6.29. The minimum atomic E-state index is -4.64. The Morgan fingerprint density at radius 1 is 1.31 bits per heavy atom. The molecule has 1 aliphatic carbocycles. The van der Waals surface area contributed by atoms with E-state index >= 15 is 0 Å². The van der Waals surface area contributed by atoms with E-state index in [0.29, 0.717) is 12.5 Å². The second-order valence-corrected chi connectivity index (χ2v) is 3.87. The zero-order valence-corrected chi connectivity index (χ0v) is 8.10. The molecule has 0 fully saturated rings. The van der Waals surface area contributed by atoms with Crippen LogP contribution >= 0.6 is 7.82 Å². The third-order valence-corrected chi connectivity index (χ3v) is 1.64. The van der Waals surface area contributed by atoms with Crippen molar-refractivity contribution >= 4 is 7.82 Å². The van der Waals surface area contributed by atoms with Crippen LogP contribution in [0.5, 0.6) is 0 Å². The first kappa shape index (κ1) is 12.8. The lowest BCUT2D eigenvalue weighted by atomic mass is 9.96. The lowest BCUT2D eigenvalue weighted by Gasteiger charge is -2.13. The van der Waals surface area contributed by atoms with Crippen LogP contribution in [0.15, 0.2) is 12.2 Å². The standard InChI is InChI=1S/C7H12O.H3O4P/c8-6-7-4-2-1-3-5-7;1-5(2,3)4/h1-2,7-8H,3-6H2;(H3,1,2,3,4). The van der Waals surface area contributed by atoms with Crippen LogP contribution < -0.4 is 0 Å². The van der Waals surface area contributed by atoms with Crippen LogP contribution in [0.2, 0.25) is 0 Å². The van der Waals surface area contributed by atoms with Crippen molar-refractivity contribution in [1.82, 2.24) is 0 Å². The molecular weight excluding hydrogens is 195 g/mol.